The number of nitrogens with one attached hydrogen (secondary N) is 1. The minimum absolute atomic E-state index is 0.274. The van der Waals surface area contributed by atoms with Crippen LogP contribution in [-0.2, 0) is 14.2 Å². The number of carbonyl (C=O) groups excluding carboxylic acids is 2. The highest BCUT2D eigenvalue weighted by Crippen LogP contribution is 2.35. The third kappa shape index (κ3) is 4.75. The first-order valence-electron chi connectivity index (χ1n) is 10.3. The van der Waals surface area contributed by atoms with E-state index in [2.05, 4.69) is 4.98 Å². The average molecular weight is 451 g/mol. The van der Waals surface area contributed by atoms with Gasteiger partial charge in [0.25, 0.3) is 0 Å². The lowest BCUT2D eigenvalue weighted by molar-refractivity contribution is -0.0532. The summed E-state index contributed by atoms with van der Waals surface area (Å²) in [6, 6.07) is 16.6. The van der Waals surface area contributed by atoms with Gasteiger partial charge < -0.3 is 14.2 Å². The number of esters is 2. The van der Waals surface area contributed by atoms with Crippen LogP contribution in [-0.4, -0.2) is 44.8 Å². The molecule has 4 rings (SSSR count). The Morgan fingerprint density at radius 1 is 0.939 bits per heavy atom. The molecule has 1 aliphatic rings. The van der Waals surface area contributed by atoms with Crippen molar-refractivity contribution in [3.63, 3.8) is 0 Å². The van der Waals surface area contributed by atoms with Crippen LogP contribution >= 0.6 is 0 Å². The highest BCUT2D eigenvalue weighted by atomic mass is 16.6. The molecule has 4 atom stereocenters. The third-order valence-electron chi connectivity index (χ3n) is 5.22. The summed E-state index contributed by atoms with van der Waals surface area (Å²) in [6.07, 6.45) is -2.65. The second-order valence-corrected chi connectivity index (χ2v) is 7.33. The van der Waals surface area contributed by atoms with Gasteiger partial charge in [0.1, 0.15) is 12.4 Å². The molecule has 0 saturated carbocycles. The van der Waals surface area contributed by atoms with E-state index < -0.39 is 47.9 Å². The Bertz CT molecular complexity index is 1240. The number of aromatic amines is 1. The van der Waals surface area contributed by atoms with Gasteiger partial charge in [-0.25, -0.2) is 19.2 Å². The maximum atomic E-state index is 12.8. The minimum Gasteiger partial charge on any atom is -0.452 e. The first-order chi connectivity index (χ1) is 16.0. The topological polar surface area (TPSA) is 130 Å². The van der Waals surface area contributed by atoms with E-state index in [9.17, 15) is 19.2 Å². The number of hydrogen-bond donors (Lipinski definition) is 1. The van der Waals surface area contributed by atoms with Crippen LogP contribution < -0.4 is 11.4 Å². The van der Waals surface area contributed by atoms with Crippen molar-refractivity contribution in [1.82, 2.24) is 14.5 Å². The maximum Gasteiger partial charge on any atom is 0.350 e. The summed E-state index contributed by atoms with van der Waals surface area (Å²) >= 11 is 0. The molecule has 1 unspecified atom stereocenters. The van der Waals surface area contributed by atoms with Gasteiger partial charge in [-0.1, -0.05) is 43.3 Å². The van der Waals surface area contributed by atoms with Gasteiger partial charge in [-0.2, -0.15) is 4.98 Å². The zero-order chi connectivity index (χ0) is 23.4. The molecule has 1 aliphatic heterocycles. The van der Waals surface area contributed by atoms with Gasteiger partial charge in [0.05, 0.1) is 11.1 Å². The number of nitrogens with zero attached hydrogens (tertiary/aromatic N) is 2. The van der Waals surface area contributed by atoms with Crippen LogP contribution in [0.15, 0.2) is 76.6 Å². The molecule has 1 fully saturated rings. The lowest BCUT2D eigenvalue weighted by Crippen LogP contribution is -2.42. The van der Waals surface area contributed by atoms with Gasteiger partial charge >= 0.3 is 23.3 Å². The Kier molecular flexibility index (Phi) is 6.45. The Morgan fingerprint density at radius 2 is 1.48 bits per heavy atom. The standard InChI is InChI=1S/C23H21N3O7/c1-2-16-17(32-20(27)14-9-5-3-6-10-14)18(33-21(28)15-11-7-4-8-12-15)19(31-16)26-13-24-22(29)25-23(26)30/h3-13,16-19H,2H2,1H3,(H,25,29,30)/t16-,17?,18+,19-/m1/s1. The lowest BCUT2D eigenvalue weighted by Gasteiger charge is -2.24. The molecule has 3 aromatic rings. The number of benzene rings is 2. The molecule has 33 heavy (non-hydrogen) atoms. The second-order valence-electron chi connectivity index (χ2n) is 7.33. The average Bonchev–Trinajstić information content (AvgIpc) is 3.16. The number of carbonyl (C=O) groups is 2. The van der Waals surface area contributed by atoms with Crippen molar-refractivity contribution in [3.05, 3.63) is 99.1 Å². The van der Waals surface area contributed by atoms with Crippen LogP contribution in [0, 0.1) is 0 Å². The minimum atomic E-state index is -1.18. The van der Waals surface area contributed by atoms with Gasteiger partial charge in [-0.3, -0.25) is 9.55 Å². The third-order valence-corrected chi connectivity index (χ3v) is 5.22. The maximum absolute atomic E-state index is 12.8. The Morgan fingerprint density at radius 3 is 2.00 bits per heavy atom. The quantitative estimate of drug-likeness (QED) is 0.561. The molecule has 2 heterocycles. The van der Waals surface area contributed by atoms with Crippen LogP contribution in [0.4, 0.5) is 0 Å². The fourth-order valence-corrected chi connectivity index (χ4v) is 3.60. The van der Waals surface area contributed by atoms with Crippen molar-refractivity contribution >= 4 is 11.9 Å². The predicted octanol–water partition coefficient (Wildman–Crippen LogP) is 1.69. The molecule has 170 valence electrons. The largest absolute Gasteiger partial charge is 0.452 e. The highest BCUT2D eigenvalue weighted by molar-refractivity contribution is 5.90. The summed E-state index contributed by atoms with van der Waals surface area (Å²) in [6.45, 7) is 1.81. The van der Waals surface area contributed by atoms with Crippen LogP contribution in [0.3, 0.4) is 0 Å². The van der Waals surface area contributed by atoms with Gasteiger partial charge in [-0.05, 0) is 30.7 Å². The normalized spacial score (nSPS) is 22.0. The molecule has 1 saturated heterocycles. The Labute approximate surface area is 187 Å². The van der Waals surface area contributed by atoms with E-state index in [0.29, 0.717) is 12.0 Å². The predicted molar refractivity (Wildman–Crippen MR) is 115 cm³/mol. The number of aromatic nitrogens is 3. The lowest BCUT2D eigenvalue weighted by atomic mass is 10.1. The van der Waals surface area contributed by atoms with Gasteiger partial charge in [0.2, 0.25) is 0 Å². The molecule has 2 aromatic carbocycles. The van der Waals surface area contributed by atoms with E-state index in [4.69, 9.17) is 14.2 Å². The molecular weight excluding hydrogens is 430 g/mol. The summed E-state index contributed by atoms with van der Waals surface area (Å²) in [5.74, 6) is -1.31. The molecule has 0 amide bonds. The molecule has 10 heteroatoms. The molecule has 0 bridgehead atoms. The van der Waals surface area contributed by atoms with Crippen LogP contribution in [0.5, 0.6) is 0 Å². The summed E-state index contributed by atoms with van der Waals surface area (Å²) in [5.41, 5.74) is -1.04. The number of H-pyrrole nitrogens is 1. The first-order valence-corrected chi connectivity index (χ1v) is 10.3. The van der Waals surface area contributed by atoms with Crippen LogP contribution in [0.25, 0.3) is 0 Å². The summed E-state index contributed by atoms with van der Waals surface area (Å²) in [4.78, 5) is 55.0. The summed E-state index contributed by atoms with van der Waals surface area (Å²) < 4.78 is 18.4. The first kappa shape index (κ1) is 22.2. The zero-order valence-corrected chi connectivity index (χ0v) is 17.6. The summed E-state index contributed by atoms with van der Waals surface area (Å²) in [5, 5.41) is 0. The van der Waals surface area contributed by atoms with Gasteiger partial charge in [-0.15, -0.1) is 0 Å². The van der Waals surface area contributed by atoms with E-state index in [-0.39, 0.29) is 5.56 Å². The van der Waals surface area contributed by atoms with Crippen molar-refractivity contribution in [2.75, 3.05) is 0 Å². The van der Waals surface area contributed by atoms with Crippen molar-refractivity contribution in [2.24, 2.45) is 0 Å². The van der Waals surface area contributed by atoms with E-state index in [1.807, 2.05) is 4.98 Å². The van der Waals surface area contributed by atoms with Crippen molar-refractivity contribution in [3.8, 4) is 0 Å². The fraction of sp³-hybridized carbons (Fsp3) is 0.261. The van der Waals surface area contributed by atoms with E-state index in [1.54, 1.807) is 67.6 Å². The van der Waals surface area contributed by atoms with Crippen LogP contribution in [0.2, 0.25) is 0 Å². The second kappa shape index (κ2) is 9.61. The van der Waals surface area contributed by atoms with E-state index >= 15 is 0 Å². The van der Waals surface area contributed by atoms with E-state index in [0.717, 1.165) is 10.9 Å². The van der Waals surface area contributed by atoms with Gasteiger partial charge in [0.15, 0.2) is 18.4 Å². The van der Waals surface area contributed by atoms with Gasteiger partial charge in [0, 0.05) is 0 Å². The molecule has 0 spiro atoms. The zero-order valence-electron chi connectivity index (χ0n) is 17.6. The summed E-state index contributed by atoms with van der Waals surface area (Å²) in [7, 11) is 0. The molecule has 0 aliphatic carbocycles. The molecular formula is C23H21N3O7. The molecule has 1 aromatic heterocycles. The molecule has 10 nitrogen and oxygen atoms in total. The number of rotatable bonds is 6. The highest BCUT2D eigenvalue weighted by Gasteiger charge is 2.50. The molecule has 0 radical (unpaired) electrons. The van der Waals surface area contributed by atoms with Crippen molar-refractivity contribution < 1.29 is 23.8 Å². The van der Waals surface area contributed by atoms with Crippen LogP contribution in [0.1, 0.15) is 40.3 Å². The van der Waals surface area contributed by atoms with Crippen molar-refractivity contribution in [2.45, 2.75) is 37.9 Å². The smallest absolute Gasteiger partial charge is 0.350 e. The SMILES string of the molecule is CC[C@H]1O[C@@H](n2cnc(=O)[nH]c2=O)[C@@H](OC(=O)c2ccccc2)C1OC(=O)c1ccccc1. The fourth-order valence-electron chi connectivity index (χ4n) is 3.60. The number of ether oxygens (including phenoxy) is 3. The number of hydrogen-bond acceptors (Lipinski definition) is 8. The Balaban J connectivity index is 1.70. The van der Waals surface area contributed by atoms with Crippen molar-refractivity contribution in [1.29, 1.82) is 0 Å². The molecule has 1 N–H and O–H groups in total. The van der Waals surface area contributed by atoms with E-state index in [1.165, 1.54) is 0 Å². The monoisotopic (exact) mass is 451 g/mol. The Hall–Kier alpha value is -4.05.